The summed E-state index contributed by atoms with van der Waals surface area (Å²) in [5.74, 6) is 1.20. The van der Waals surface area contributed by atoms with Crippen molar-refractivity contribution in [3.05, 3.63) is 29.8 Å². The van der Waals surface area contributed by atoms with Gasteiger partial charge in [-0.3, -0.25) is 4.79 Å². The lowest BCUT2D eigenvalue weighted by Gasteiger charge is -2.38. The Labute approximate surface area is 140 Å². The van der Waals surface area contributed by atoms with Crippen LogP contribution in [-0.4, -0.2) is 37.0 Å². The van der Waals surface area contributed by atoms with E-state index in [1.54, 1.807) is 0 Å². The predicted molar refractivity (Wildman–Crippen MR) is 94.7 cm³/mol. The van der Waals surface area contributed by atoms with Crippen LogP contribution in [0.2, 0.25) is 0 Å². The van der Waals surface area contributed by atoms with Crippen LogP contribution in [0.3, 0.4) is 0 Å². The number of hydrogen-bond acceptors (Lipinski definition) is 2. The Balaban J connectivity index is 1.75. The molecule has 23 heavy (non-hydrogen) atoms. The Kier molecular flexibility index (Phi) is 5.24. The molecule has 0 N–H and O–H groups in total. The highest BCUT2D eigenvalue weighted by atomic mass is 16.2. The third-order valence-corrected chi connectivity index (χ3v) is 5.60. The van der Waals surface area contributed by atoms with Gasteiger partial charge in [-0.1, -0.05) is 12.5 Å². The number of anilines is 1. The highest BCUT2D eigenvalue weighted by Gasteiger charge is 2.30. The van der Waals surface area contributed by atoms with Gasteiger partial charge in [0.05, 0.1) is 5.92 Å². The number of rotatable bonds is 5. The molecule has 1 saturated carbocycles. The van der Waals surface area contributed by atoms with Crippen LogP contribution >= 0.6 is 0 Å². The first-order valence-corrected chi connectivity index (χ1v) is 9.28. The van der Waals surface area contributed by atoms with E-state index in [1.807, 2.05) is 11.0 Å². The fraction of sp³-hybridized carbons (Fsp3) is 0.650. The Morgan fingerprint density at radius 1 is 1.26 bits per heavy atom. The van der Waals surface area contributed by atoms with Crippen molar-refractivity contribution < 1.29 is 4.79 Å². The molecule has 125 valence electrons. The molecular formula is C20H29N2O. The van der Waals surface area contributed by atoms with Crippen molar-refractivity contribution in [3.8, 4) is 0 Å². The lowest BCUT2D eigenvalue weighted by Crippen LogP contribution is -2.45. The summed E-state index contributed by atoms with van der Waals surface area (Å²) < 4.78 is 0. The zero-order chi connectivity index (χ0) is 16.2. The Morgan fingerprint density at radius 2 is 2.04 bits per heavy atom. The maximum absolute atomic E-state index is 12.7. The van der Waals surface area contributed by atoms with E-state index in [9.17, 15) is 4.79 Å². The molecule has 0 bridgehead atoms. The van der Waals surface area contributed by atoms with E-state index in [-0.39, 0.29) is 5.92 Å². The number of amides is 1. The molecule has 0 spiro atoms. The van der Waals surface area contributed by atoms with Crippen molar-refractivity contribution in [1.29, 1.82) is 0 Å². The second kappa shape index (κ2) is 7.37. The van der Waals surface area contributed by atoms with Crippen LogP contribution in [0.15, 0.2) is 18.2 Å². The lowest BCUT2D eigenvalue weighted by atomic mass is 9.79. The fourth-order valence-corrected chi connectivity index (χ4v) is 3.96. The summed E-state index contributed by atoms with van der Waals surface area (Å²) in [4.78, 5) is 17.2. The van der Waals surface area contributed by atoms with Gasteiger partial charge in [0.25, 0.3) is 0 Å². The van der Waals surface area contributed by atoms with Crippen LogP contribution in [0.25, 0.3) is 0 Å². The smallest absolute Gasteiger partial charge is 0.227 e. The Hall–Kier alpha value is -1.51. The van der Waals surface area contributed by atoms with Crippen LogP contribution < -0.4 is 4.90 Å². The lowest BCUT2D eigenvalue weighted by molar-refractivity contribution is -0.135. The number of nitrogens with zero attached hydrogens (tertiary/aromatic N) is 2. The molecule has 1 radical (unpaired) electrons. The summed E-state index contributed by atoms with van der Waals surface area (Å²) in [6.07, 6.45) is 6.10. The standard InChI is InChI=1S/C20H29N2O/c1-3-21(4-2)20(23)17-11-8-14-22(15-17)19-13-6-5-12-18(19)16-9-7-10-16/h6,12-13,16-17H,3-4,7-11,14-15H2,1-2H3. The molecule has 1 aromatic carbocycles. The van der Waals surface area contributed by atoms with Gasteiger partial charge >= 0.3 is 0 Å². The summed E-state index contributed by atoms with van der Waals surface area (Å²) in [6.45, 7) is 7.73. The number of carbonyl (C=O) groups excluding carboxylic acids is 1. The monoisotopic (exact) mass is 313 g/mol. The minimum absolute atomic E-state index is 0.155. The van der Waals surface area contributed by atoms with E-state index in [2.05, 4.69) is 36.9 Å². The van der Waals surface area contributed by atoms with E-state index in [0.29, 0.717) is 11.8 Å². The number of benzene rings is 1. The second-order valence-electron chi connectivity index (χ2n) is 6.91. The number of hydrogen-bond donors (Lipinski definition) is 0. The normalized spacial score (nSPS) is 21.8. The predicted octanol–water partition coefficient (Wildman–Crippen LogP) is 3.84. The third kappa shape index (κ3) is 3.39. The van der Waals surface area contributed by atoms with Crippen LogP contribution in [0.4, 0.5) is 5.69 Å². The first-order valence-electron chi connectivity index (χ1n) is 9.28. The topological polar surface area (TPSA) is 23.6 Å². The quantitative estimate of drug-likeness (QED) is 0.824. The maximum Gasteiger partial charge on any atom is 0.227 e. The molecule has 1 aromatic rings. The van der Waals surface area contributed by atoms with Gasteiger partial charge in [0, 0.05) is 31.9 Å². The van der Waals surface area contributed by atoms with Gasteiger partial charge in [-0.05, 0) is 69.2 Å². The number of piperidine rings is 1. The molecule has 1 amide bonds. The van der Waals surface area contributed by atoms with Gasteiger partial charge in [0.15, 0.2) is 0 Å². The van der Waals surface area contributed by atoms with E-state index < -0.39 is 0 Å². The van der Waals surface area contributed by atoms with Crippen molar-refractivity contribution >= 4 is 11.6 Å². The summed E-state index contributed by atoms with van der Waals surface area (Å²) in [5, 5.41) is 0. The van der Waals surface area contributed by atoms with Crippen molar-refractivity contribution in [1.82, 2.24) is 4.90 Å². The average molecular weight is 313 g/mol. The summed E-state index contributed by atoms with van der Waals surface area (Å²) in [7, 11) is 0. The Bertz CT molecular complexity index is 534. The van der Waals surface area contributed by atoms with Crippen LogP contribution in [0.5, 0.6) is 0 Å². The molecule has 1 atom stereocenters. The molecular weight excluding hydrogens is 284 g/mol. The van der Waals surface area contributed by atoms with Crippen molar-refractivity contribution in [2.24, 2.45) is 5.92 Å². The SMILES string of the molecule is CCN(CC)C(=O)C1CCCN(c2cc[c]cc2C2CCC2)C1. The van der Waals surface area contributed by atoms with E-state index in [1.165, 1.54) is 30.5 Å². The zero-order valence-corrected chi connectivity index (χ0v) is 14.6. The molecule has 2 aliphatic rings. The van der Waals surface area contributed by atoms with Gasteiger partial charge < -0.3 is 9.80 Å². The van der Waals surface area contributed by atoms with Crippen LogP contribution in [0.1, 0.15) is 57.4 Å². The molecule has 1 unspecified atom stereocenters. The Morgan fingerprint density at radius 3 is 2.70 bits per heavy atom. The highest BCUT2D eigenvalue weighted by molar-refractivity contribution is 5.80. The van der Waals surface area contributed by atoms with Gasteiger partial charge in [0.1, 0.15) is 0 Å². The first-order chi connectivity index (χ1) is 11.2. The zero-order valence-electron chi connectivity index (χ0n) is 14.6. The van der Waals surface area contributed by atoms with E-state index >= 15 is 0 Å². The fourth-order valence-electron chi connectivity index (χ4n) is 3.96. The molecule has 2 fully saturated rings. The molecule has 1 heterocycles. The summed E-state index contributed by atoms with van der Waals surface area (Å²) in [5.41, 5.74) is 2.81. The van der Waals surface area contributed by atoms with Crippen LogP contribution in [0, 0.1) is 12.0 Å². The number of carbonyl (C=O) groups is 1. The molecule has 3 rings (SSSR count). The minimum Gasteiger partial charge on any atom is -0.371 e. The van der Waals surface area contributed by atoms with E-state index in [0.717, 1.165) is 39.0 Å². The maximum atomic E-state index is 12.7. The highest BCUT2D eigenvalue weighted by Crippen LogP contribution is 2.41. The minimum atomic E-state index is 0.155. The van der Waals surface area contributed by atoms with Crippen molar-refractivity contribution in [2.75, 3.05) is 31.1 Å². The third-order valence-electron chi connectivity index (χ3n) is 5.60. The van der Waals surface area contributed by atoms with Crippen molar-refractivity contribution in [2.45, 2.75) is 51.9 Å². The largest absolute Gasteiger partial charge is 0.371 e. The summed E-state index contributed by atoms with van der Waals surface area (Å²) >= 11 is 0. The van der Waals surface area contributed by atoms with Crippen molar-refractivity contribution in [3.63, 3.8) is 0 Å². The first kappa shape index (κ1) is 16.4. The van der Waals surface area contributed by atoms with Gasteiger partial charge in [-0.15, -0.1) is 0 Å². The van der Waals surface area contributed by atoms with Gasteiger partial charge in [0.2, 0.25) is 5.91 Å². The molecule has 0 aromatic heterocycles. The second-order valence-corrected chi connectivity index (χ2v) is 6.91. The molecule has 1 aliphatic carbocycles. The van der Waals surface area contributed by atoms with Gasteiger partial charge in [-0.25, -0.2) is 0 Å². The summed E-state index contributed by atoms with van der Waals surface area (Å²) in [6, 6.07) is 9.66. The molecule has 3 heteroatoms. The molecule has 1 aliphatic heterocycles. The average Bonchev–Trinajstić information content (AvgIpc) is 2.55. The van der Waals surface area contributed by atoms with Crippen LogP contribution in [-0.2, 0) is 4.79 Å². The van der Waals surface area contributed by atoms with E-state index in [4.69, 9.17) is 0 Å². The van der Waals surface area contributed by atoms with Gasteiger partial charge in [-0.2, -0.15) is 0 Å². The molecule has 3 nitrogen and oxygen atoms in total. The molecule has 1 saturated heterocycles.